The molecule has 0 bridgehead atoms. The molecule has 5 heteroatoms. The van der Waals surface area contributed by atoms with E-state index in [1.807, 2.05) is 0 Å². The van der Waals surface area contributed by atoms with Crippen LogP contribution in [0.4, 0.5) is 34.1 Å². The number of hydrogen-bond donors (Lipinski definition) is 0. The monoisotopic (exact) mass is 1490 g/mol. The molecule has 4 aliphatic rings. The fourth-order valence-electron chi connectivity index (χ4n) is 20.6. The van der Waals surface area contributed by atoms with E-state index in [4.69, 9.17) is 0 Å². The maximum atomic E-state index is 2.81. The van der Waals surface area contributed by atoms with Crippen molar-refractivity contribution in [3.05, 3.63) is 391 Å². The van der Waals surface area contributed by atoms with Gasteiger partial charge in [0, 0.05) is 81.5 Å². The van der Waals surface area contributed by atoms with Crippen molar-refractivity contribution >= 4 is 122 Å². The smallest absolute Gasteiger partial charge is 0.252 e. The van der Waals surface area contributed by atoms with Crippen LogP contribution in [0.5, 0.6) is 0 Å². The van der Waals surface area contributed by atoms with E-state index in [9.17, 15) is 0 Å². The van der Waals surface area contributed by atoms with Gasteiger partial charge in [-0.15, -0.1) is 0 Å². The molecule has 2 atom stereocenters. The molecule has 17 aromatic carbocycles. The minimum absolute atomic E-state index is 0.108. The van der Waals surface area contributed by atoms with Gasteiger partial charge in [-0.2, -0.15) is 0 Å². The molecule has 0 fully saturated rings. The molecule has 0 saturated heterocycles. The standard InChI is InChI=1S/C111H89BN4/c1-110(2,3)80-65-92(72-30-11-7-12-31-72)83(93(66-80)73-32-13-8-14-33-73)56-58-113-103-55-52-77(79-62-78-40-29-46-90-89-45-27-38-76-39-28-47-91(107(76)89)96(63-79)108(78)90)64-98(103)112-97-54-53-82(116-101-50-25-21-43-87(101)88-44-22-26-51-102(88)116)69-104(97)114(106-61-71(60-105(113)109(106)112)70-115-99-48-23-19-41-85(99)86-42-20-24-49-100(86)115)59-57-84-94(74-34-15-9-16-35-74)67-81(111(4,5)6)68-95(84)75-36-17-10-18-37-75/h7-55,60-69,87,101H,56-59,70H2,1-6H3. The third-order valence-corrected chi connectivity index (χ3v) is 26.1. The molecular weight excluding hydrogens is 1400 g/mol. The molecule has 0 amide bonds. The number of anilines is 6. The highest BCUT2D eigenvalue weighted by Gasteiger charge is 2.45. The molecule has 4 nitrogen and oxygen atoms in total. The molecule has 22 rings (SSSR count). The molecule has 0 radical (unpaired) electrons. The molecule has 556 valence electrons. The minimum atomic E-state index is -0.174. The number of fused-ring (bicyclic) bond motifs is 12. The summed E-state index contributed by atoms with van der Waals surface area (Å²) >= 11 is 0. The summed E-state index contributed by atoms with van der Waals surface area (Å²) in [6, 6.07) is 129. The van der Waals surface area contributed by atoms with Gasteiger partial charge in [0.25, 0.3) is 6.71 Å². The van der Waals surface area contributed by atoms with Crippen molar-refractivity contribution < 1.29 is 0 Å². The van der Waals surface area contributed by atoms with Crippen LogP contribution in [0.3, 0.4) is 0 Å². The number of rotatable bonds is 14. The van der Waals surface area contributed by atoms with E-state index in [2.05, 4.69) is 419 Å². The zero-order valence-electron chi connectivity index (χ0n) is 66.6. The van der Waals surface area contributed by atoms with Gasteiger partial charge in [0.05, 0.1) is 6.04 Å². The molecule has 1 aromatic heterocycles. The van der Waals surface area contributed by atoms with E-state index in [1.165, 1.54) is 204 Å². The lowest BCUT2D eigenvalue weighted by Crippen LogP contribution is -2.62. The van der Waals surface area contributed by atoms with Gasteiger partial charge in [0.2, 0.25) is 0 Å². The van der Waals surface area contributed by atoms with Crippen LogP contribution in [0.2, 0.25) is 0 Å². The van der Waals surface area contributed by atoms with Crippen LogP contribution in [-0.2, 0) is 30.2 Å². The summed E-state index contributed by atoms with van der Waals surface area (Å²) in [5.41, 5.74) is 34.1. The first-order chi connectivity index (χ1) is 56.8. The van der Waals surface area contributed by atoms with E-state index in [-0.39, 0.29) is 29.5 Å². The Hall–Kier alpha value is -13.2. The predicted octanol–water partition coefficient (Wildman–Crippen LogP) is 26.5. The van der Waals surface area contributed by atoms with E-state index in [0.717, 1.165) is 12.8 Å². The zero-order valence-corrected chi connectivity index (χ0v) is 66.6. The average molecular weight is 1490 g/mol. The molecule has 116 heavy (non-hydrogen) atoms. The van der Waals surface area contributed by atoms with Crippen molar-refractivity contribution in [3.8, 4) is 55.6 Å². The third-order valence-electron chi connectivity index (χ3n) is 26.1. The fourth-order valence-corrected chi connectivity index (χ4v) is 20.6. The lowest BCUT2D eigenvalue weighted by atomic mass is 9.33. The lowest BCUT2D eigenvalue weighted by molar-refractivity contribution is 0.590. The van der Waals surface area contributed by atoms with Gasteiger partial charge in [-0.05, 0) is 233 Å². The number of para-hydroxylation sites is 3. The maximum absolute atomic E-state index is 2.81. The zero-order chi connectivity index (χ0) is 77.7. The second kappa shape index (κ2) is 27.2. The highest BCUT2D eigenvalue weighted by atomic mass is 15.2. The average Bonchev–Trinajstić information content (AvgIpc) is 0.858. The van der Waals surface area contributed by atoms with Gasteiger partial charge >= 0.3 is 0 Å². The fraction of sp³-hybridized carbons (Fsp3) is 0.135. The molecule has 0 saturated carbocycles. The molecule has 1 aliphatic carbocycles. The number of nitrogens with zero attached hydrogens (tertiary/aromatic N) is 4. The van der Waals surface area contributed by atoms with Gasteiger partial charge < -0.3 is 19.3 Å². The van der Waals surface area contributed by atoms with Crippen LogP contribution >= 0.6 is 0 Å². The Morgan fingerprint density at radius 1 is 0.328 bits per heavy atom. The second-order valence-electron chi connectivity index (χ2n) is 34.8. The molecule has 18 aromatic rings. The topological polar surface area (TPSA) is 14.7 Å². The quantitative estimate of drug-likeness (QED) is 0.0613. The summed E-state index contributed by atoms with van der Waals surface area (Å²) in [7, 11) is 0. The van der Waals surface area contributed by atoms with Crippen molar-refractivity contribution in [2.75, 3.05) is 27.8 Å². The Morgan fingerprint density at radius 2 is 0.802 bits per heavy atom. The molecular formula is C111H89BN4. The Balaban J connectivity index is 0.822. The van der Waals surface area contributed by atoms with Crippen LogP contribution in [0.1, 0.15) is 80.8 Å². The van der Waals surface area contributed by atoms with Crippen molar-refractivity contribution in [2.24, 2.45) is 0 Å². The van der Waals surface area contributed by atoms with Gasteiger partial charge in [0.1, 0.15) is 0 Å². The lowest BCUT2D eigenvalue weighted by Gasteiger charge is -2.45. The van der Waals surface area contributed by atoms with Gasteiger partial charge in [-0.1, -0.05) is 339 Å². The van der Waals surface area contributed by atoms with Gasteiger partial charge in [-0.25, -0.2) is 0 Å². The predicted molar refractivity (Wildman–Crippen MR) is 496 cm³/mol. The minimum Gasteiger partial charge on any atom is -0.342 e. The summed E-state index contributed by atoms with van der Waals surface area (Å²) in [5, 5.41) is 12.9. The maximum Gasteiger partial charge on any atom is 0.252 e. The number of benzene rings is 17. The van der Waals surface area contributed by atoms with Crippen LogP contribution in [0.15, 0.2) is 358 Å². The summed E-state index contributed by atoms with van der Waals surface area (Å²) in [6.45, 7) is 16.1. The van der Waals surface area contributed by atoms with E-state index >= 15 is 0 Å². The first kappa shape index (κ1) is 69.5. The third kappa shape index (κ3) is 11.4. The van der Waals surface area contributed by atoms with Crippen molar-refractivity contribution in [1.82, 2.24) is 4.57 Å². The summed E-state index contributed by atoms with van der Waals surface area (Å²) in [5.74, 6) is 0.219. The van der Waals surface area contributed by atoms with Crippen LogP contribution in [0.25, 0.3) is 121 Å². The number of aromatic nitrogens is 1. The van der Waals surface area contributed by atoms with Crippen LogP contribution < -0.4 is 31.1 Å². The largest absolute Gasteiger partial charge is 0.342 e. The number of allylic oxidation sites excluding steroid dienone is 2. The Bertz CT molecular complexity index is 6860. The van der Waals surface area contributed by atoms with Crippen molar-refractivity contribution in [1.29, 1.82) is 0 Å². The van der Waals surface area contributed by atoms with E-state index < -0.39 is 0 Å². The van der Waals surface area contributed by atoms with E-state index in [0.29, 0.717) is 19.6 Å². The Kier molecular flexibility index (Phi) is 16.3. The van der Waals surface area contributed by atoms with E-state index in [1.54, 1.807) is 0 Å². The molecule has 0 N–H and O–H groups in total. The molecule has 0 spiro atoms. The van der Waals surface area contributed by atoms with Crippen molar-refractivity contribution in [3.63, 3.8) is 0 Å². The first-order valence-electron chi connectivity index (χ1n) is 41.7. The van der Waals surface area contributed by atoms with Crippen LogP contribution in [0, 0.1) is 0 Å². The second-order valence-corrected chi connectivity index (χ2v) is 34.8. The molecule has 2 unspecified atom stereocenters. The normalized spacial score (nSPS) is 14.8. The van der Waals surface area contributed by atoms with Crippen LogP contribution in [-0.4, -0.2) is 30.4 Å². The van der Waals surface area contributed by atoms with Gasteiger partial charge in [-0.3, -0.25) is 0 Å². The SMILES string of the molecule is CC(C)(C)c1cc(-c2ccccc2)c(CCN2c3ccc(-c4cc5cccc6c7cccc8cccc(c(c4)c56)c87)cc3B3c4ccc(N5c6ccccc6C6C=CC=CC65)cc4N(CCc4c(-c5ccccc5)cc(C(C)(C)C)cc4-c4ccccc4)c4cc(Cn5c6ccccc6c6ccccc65)cc2c43)c(-c2ccccc2)c1. The molecule has 4 heterocycles. The highest BCUT2D eigenvalue weighted by molar-refractivity contribution is 7.00. The Morgan fingerprint density at radius 3 is 1.35 bits per heavy atom. The summed E-state index contributed by atoms with van der Waals surface area (Å²) < 4.78 is 2.60. The summed E-state index contributed by atoms with van der Waals surface area (Å²) in [6.07, 6.45) is 10.9. The highest BCUT2D eigenvalue weighted by Crippen LogP contribution is 2.52. The van der Waals surface area contributed by atoms with Gasteiger partial charge in [0.15, 0.2) is 0 Å². The van der Waals surface area contributed by atoms with Crippen molar-refractivity contribution in [2.45, 2.75) is 83.7 Å². The first-order valence-corrected chi connectivity index (χ1v) is 41.7. The summed E-state index contributed by atoms with van der Waals surface area (Å²) in [4.78, 5) is 8.24. The Labute approximate surface area is 680 Å². The molecule has 3 aliphatic heterocycles. The number of hydrogen-bond acceptors (Lipinski definition) is 3.